The highest BCUT2D eigenvalue weighted by molar-refractivity contribution is 6.33. The van der Waals surface area contributed by atoms with Crippen molar-refractivity contribution in [2.24, 2.45) is 0 Å². The third kappa shape index (κ3) is 2.09. The van der Waals surface area contributed by atoms with Gasteiger partial charge in [0.1, 0.15) is 0 Å². The molecule has 0 saturated carbocycles. The standard InChI is InChI=1S/C12H12ClN3/c1-8-4-2-5-9(13)11(8)16-12-10(14)6-3-7-15-12/h2-7H,14H2,1H3,(H,15,16). The first-order valence-electron chi connectivity index (χ1n) is 4.91. The van der Waals surface area contributed by atoms with Crippen molar-refractivity contribution < 1.29 is 0 Å². The van der Waals surface area contributed by atoms with E-state index in [-0.39, 0.29) is 0 Å². The number of halogens is 1. The lowest BCUT2D eigenvalue weighted by Gasteiger charge is -2.11. The number of hydrogen-bond acceptors (Lipinski definition) is 3. The van der Waals surface area contributed by atoms with Crippen molar-refractivity contribution in [1.29, 1.82) is 0 Å². The molecule has 1 aromatic heterocycles. The van der Waals surface area contributed by atoms with E-state index in [2.05, 4.69) is 10.3 Å². The molecule has 0 atom stereocenters. The number of aryl methyl sites for hydroxylation is 1. The number of nitrogen functional groups attached to an aromatic ring is 1. The molecule has 2 aromatic rings. The number of pyridine rings is 1. The Morgan fingerprint density at radius 1 is 1.25 bits per heavy atom. The molecule has 0 aliphatic heterocycles. The van der Waals surface area contributed by atoms with Gasteiger partial charge in [-0.1, -0.05) is 23.7 Å². The maximum Gasteiger partial charge on any atom is 0.153 e. The summed E-state index contributed by atoms with van der Waals surface area (Å²) in [5, 5.41) is 3.80. The fourth-order valence-corrected chi connectivity index (χ4v) is 1.70. The Balaban J connectivity index is 2.38. The Hall–Kier alpha value is -1.74. The lowest BCUT2D eigenvalue weighted by molar-refractivity contribution is 1.30. The normalized spacial score (nSPS) is 10.1. The Kier molecular flexibility index (Phi) is 2.97. The van der Waals surface area contributed by atoms with Gasteiger partial charge in [-0.15, -0.1) is 0 Å². The summed E-state index contributed by atoms with van der Waals surface area (Å²) in [5.74, 6) is 0.624. The molecule has 0 aliphatic rings. The molecule has 0 fully saturated rings. The minimum absolute atomic E-state index is 0.599. The van der Waals surface area contributed by atoms with Crippen LogP contribution >= 0.6 is 11.6 Å². The van der Waals surface area contributed by atoms with Crippen molar-refractivity contribution in [3.63, 3.8) is 0 Å². The number of nitrogens with one attached hydrogen (secondary N) is 1. The number of nitrogens with zero attached hydrogens (tertiary/aromatic N) is 1. The van der Waals surface area contributed by atoms with Crippen LogP contribution in [0.2, 0.25) is 5.02 Å². The summed E-state index contributed by atoms with van der Waals surface area (Å²) in [6.07, 6.45) is 1.69. The summed E-state index contributed by atoms with van der Waals surface area (Å²) < 4.78 is 0. The monoisotopic (exact) mass is 233 g/mol. The van der Waals surface area contributed by atoms with E-state index in [0.717, 1.165) is 11.3 Å². The fourth-order valence-electron chi connectivity index (χ4n) is 1.43. The highest BCUT2D eigenvalue weighted by atomic mass is 35.5. The van der Waals surface area contributed by atoms with Crippen LogP contribution < -0.4 is 11.1 Å². The molecule has 0 aliphatic carbocycles. The van der Waals surface area contributed by atoms with Gasteiger partial charge < -0.3 is 11.1 Å². The van der Waals surface area contributed by atoms with Gasteiger partial charge in [0.25, 0.3) is 0 Å². The van der Waals surface area contributed by atoms with E-state index in [0.29, 0.717) is 16.5 Å². The minimum atomic E-state index is 0.599. The molecule has 0 saturated heterocycles. The van der Waals surface area contributed by atoms with E-state index in [9.17, 15) is 0 Å². The molecule has 0 radical (unpaired) electrons. The summed E-state index contributed by atoms with van der Waals surface area (Å²) in [4.78, 5) is 4.16. The molecule has 0 unspecified atom stereocenters. The zero-order valence-electron chi connectivity index (χ0n) is 8.87. The minimum Gasteiger partial charge on any atom is -0.396 e. The van der Waals surface area contributed by atoms with E-state index in [1.165, 1.54) is 0 Å². The molecule has 0 amide bonds. The number of rotatable bonds is 2. The van der Waals surface area contributed by atoms with Gasteiger partial charge in [-0.25, -0.2) is 4.98 Å². The summed E-state index contributed by atoms with van der Waals surface area (Å²) in [7, 11) is 0. The second kappa shape index (κ2) is 4.41. The molecule has 0 spiro atoms. The number of nitrogens with two attached hydrogens (primary N) is 1. The van der Waals surface area contributed by atoms with Crippen LogP contribution in [0.4, 0.5) is 17.2 Å². The second-order valence-electron chi connectivity index (χ2n) is 3.50. The molecule has 82 valence electrons. The average molecular weight is 234 g/mol. The smallest absolute Gasteiger partial charge is 0.153 e. The first-order valence-corrected chi connectivity index (χ1v) is 5.29. The van der Waals surface area contributed by atoms with E-state index < -0.39 is 0 Å². The van der Waals surface area contributed by atoms with Crippen molar-refractivity contribution in [2.75, 3.05) is 11.1 Å². The molecular formula is C12H12ClN3. The number of hydrogen-bond donors (Lipinski definition) is 2. The van der Waals surface area contributed by atoms with Gasteiger partial charge in [0.2, 0.25) is 0 Å². The van der Waals surface area contributed by atoms with Crippen LogP contribution in [0.1, 0.15) is 5.56 Å². The lowest BCUT2D eigenvalue weighted by Crippen LogP contribution is -2.00. The van der Waals surface area contributed by atoms with E-state index in [1.807, 2.05) is 25.1 Å². The summed E-state index contributed by atoms with van der Waals surface area (Å²) in [6.45, 7) is 1.98. The van der Waals surface area contributed by atoms with Crippen LogP contribution in [0.5, 0.6) is 0 Å². The molecule has 0 bridgehead atoms. The molecule has 3 nitrogen and oxygen atoms in total. The van der Waals surface area contributed by atoms with Crippen LogP contribution in [-0.2, 0) is 0 Å². The Labute approximate surface area is 99.3 Å². The van der Waals surface area contributed by atoms with Gasteiger partial charge in [0.15, 0.2) is 5.82 Å². The third-order valence-electron chi connectivity index (χ3n) is 2.30. The number of benzene rings is 1. The van der Waals surface area contributed by atoms with E-state index in [4.69, 9.17) is 17.3 Å². The predicted octanol–water partition coefficient (Wildman–Crippen LogP) is 3.37. The molecule has 1 aromatic carbocycles. The summed E-state index contributed by atoms with van der Waals surface area (Å²) in [6, 6.07) is 9.30. The van der Waals surface area contributed by atoms with E-state index in [1.54, 1.807) is 18.3 Å². The van der Waals surface area contributed by atoms with Crippen LogP contribution in [-0.4, -0.2) is 4.98 Å². The summed E-state index contributed by atoms with van der Waals surface area (Å²) in [5.41, 5.74) is 8.29. The predicted molar refractivity (Wildman–Crippen MR) is 68.1 cm³/mol. The van der Waals surface area contributed by atoms with Crippen molar-refractivity contribution in [3.8, 4) is 0 Å². The van der Waals surface area contributed by atoms with Gasteiger partial charge in [0.05, 0.1) is 16.4 Å². The number of para-hydroxylation sites is 1. The van der Waals surface area contributed by atoms with Gasteiger partial charge >= 0.3 is 0 Å². The first kappa shape index (κ1) is 10.8. The molecule has 3 N–H and O–H groups in total. The van der Waals surface area contributed by atoms with Gasteiger partial charge in [-0.2, -0.15) is 0 Å². The Morgan fingerprint density at radius 2 is 2.06 bits per heavy atom. The van der Waals surface area contributed by atoms with Crippen molar-refractivity contribution in [3.05, 3.63) is 47.1 Å². The highest BCUT2D eigenvalue weighted by Gasteiger charge is 2.06. The van der Waals surface area contributed by atoms with Crippen LogP contribution in [0.25, 0.3) is 0 Å². The second-order valence-corrected chi connectivity index (χ2v) is 3.91. The summed E-state index contributed by atoms with van der Waals surface area (Å²) >= 11 is 6.10. The first-order chi connectivity index (χ1) is 7.68. The lowest BCUT2D eigenvalue weighted by atomic mass is 10.2. The molecule has 2 rings (SSSR count). The molecule has 4 heteroatoms. The number of aromatic nitrogens is 1. The third-order valence-corrected chi connectivity index (χ3v) is 2.62. The fraction of sp³-hybridized carbons (Fsp3) is 0.0833. The van der Waals surface area contributed by atoms with Gasteiger partial charge in [0, 0.05) is 6.20 Å². The number of anilines is 3. The van der Waals surface area contributed by atoms with Crippen LogP contribution in [0.15, 0.2) is 36.5 Å². The van der Waals surface area contributed by atoms with E-state index >= 15 is 0 Å². The quantitative estimate of drug-likeness (QED) is 0.836. The topological polar surface area (TPSA) is 50.9 Å². The van der Waals surface area contributed by atoms with Gasteiger partial charge in [-0.05, 0) is 30.7 Å². The van der Waals surface area contributed by atoms with Crippen LogP contribution in [0, 0.1) is 6.92 Å². The van der Waals surface area contributed by atoms with Crippen LogP contribution in [0.3, 0.4) is 0 Å². The van der Waals surface area contributed by atoms with Crippen molar-refractivity contribution in [2.45, 2.75) is 6.92 Å². The van der Waals surface area contributed by atoms with Gasteiger partial charge in [-0.3, -0.25) is 0 Å². The average Bonchev–Trinajstić information content (AvgIpc) is 2.26. The molecule has 1 heterocycles. The Morgan fingerprint density at radius 3 is 2.75 bits per heavy atom. The zero-order chi connectivity index (χ0) is 11.5. The molecule has 16 heavy (non-hydrogen) atoms. The maximum absolute atomic E-state index is 6.10. The highest BCUT2D eigenvalue weighted by Crippen LogP contribution is 2.29. The van der Waals surface area contributed by atoms with Crippen molar-refractivity contribution >= 4 is 28.8 Å². The largest absolute Gasteiger partial charge is 0.396 e. The molecular weight excluding hydrogens is 222 g/mol. The maximum atomic E-state index is 6.10. The Bertz CT molecular complexity index is 491. The van der Waals surface area contributed by atoms with Crippen molar-refractivity contribution in [1.82, 2.24) is 4.98 Å². The SMILES string of the molecule is Cc1cccc(Cl)c1Nc1ncccc1N. The zero-order valence-corrected chi connectivity index (χ0v) is 9.62.